The Morgan fingerprint density at radius 2 is 1.50 bits per heavy atom. The van der Waals surface area contributed by atoms with Gasteiger partial charge < -0.3 is 0 Å². The van der Waals surface area contributed by atoms with Gasteiger partial charge in [-0.05, 0) is 44.0 Å². The maximum absolute atomic E-state index is 13.4. The second kappa shape index (κ2) is 8.34. The van der Waals surface area contributed by atoms with E-state index in [1.807, 2.05) is 43.3 Å². The third kappa shape index (κ3) is 3.93. The fourth-order valence-corrected chi connectivity index (χ4v) is 5.88. The molecule has 0 N–H and O–H groups in total. The number of piperazine rings is 1. The van der Waals surface area contributed by atoms with Crippen LogP contribution in [0.2, 0.25) is 0 Å². The van der Waals surface area contributed by atoms with E-state index >= 15 is 0 Å². The zero-order valence-electron chi connectivity index (χ0n) is 17.7. The van der Waals surface area contributed by atoms with Crippen molar-refractivity contribution >= 4 is 10.0 Å². The highest BCUT2D eigenvalue weighted by Crippen LogP contribution is 2.26. The van der Waals surface area contributed by atoms with Gasteiger partial charge in [0, 0.05) is 32.7 Å². The third-order valence-electron chi connectivity index (χ3n) is 5.81. The lowest BCUT2D eigenvalue weighted by atomic mass is 10.1. The summed E-state index contributed by atoms with van der Waals surface area (Å²) in [6.07, 6.45) is 0. The molecule has 0 atom stereocenters. The van der Waals surface area contributed by atoms with Crippen LogP contribution in [-0.4, -0.2) is 53.6 Å². The topological polar surface area (TPSA) is 58.4 Å². The van der Waals surface area contributed by atoms with Crippen LogP contribution in [0.15, 0.2) is 59.5 Å². The molecule has 0 bridgehead atoms. The summed E-state index contributed by atoms with van der Waals surface area (Å²) < 4.78 is 30.2. The largest absolute Gasteiger partial charge is 0.296 e. The number of aromatic nitrogens is 2. The maximum atomic E-state index is 13.4. The van der Waals surface area contributed by atoms with Crippen molar-refractivity contribution in [1.82, 2.24) is 19.0 Å². The number of aryl methyl sites for hydroxylation is 2. The first-order valence-corrected chi connectivity index (χ1v) is 11.7. The standard InChI is InChI=1S/C23H28N4O2S/c1-18-9-7-8-10-21(18)17-25-13-15-26(16-14-25)30(28,29)23-19(2)24-27(20(23)3)22-11-5-4-6-12-22/h4-12H,13-17H2,1-3H3. The molecular formula is C23H28N4O2S. The molecule has 30 heavy (non-hydrogen) atoms. The van der Waals surface area contributed by atoms with Crippen LogP contribution in [0.1, 0.15) is 22.5 Å². The first kappa shape index (κ1) is 20.8. The second-order valence-corrected chi connectivity index (χ2v) is 9.73. The molecule has 2 heterocycles. The van der Waals surface area contributed by atoms with E-state index in [9.17, 15) is 8.42 Å². The highest BCUT2D eigenvalue weighted by molar-refractivity contribution is 7.89. The van der Waals surface area contributed by atoms with Crippen LogP contribution < -0.4 is 0 Å². The van der Waals surface area contributed by atoms with Crippen molar-refractivity contribution in [1.29, 1.82) is 0 Å². The van der Waals surface area contributed by atoms with Crippen LogP contribution in [-0.2, 0) is 16.6 Å². The van der Waals surface area contributed by atoms with E-state index in [0.717, 1.165) is 25.3 Å². The fraction of sp³-hybridized carbons (Fsp3) is 0.348. The van der Waals surface area contributed by atoms with Gasteiger partial charge >= 0.3 is 0 Å². The molecule has 1 fully saturated rings. The summed E-state index contributed by atoms with van der Waals surface area (Å²) in [6.45, 7) is 8.99. The normalized spacial score (nSPS) is 16.1. The van der Waals surface area contributed by atoms with Gasteiger partial charge in [-0.25, -0.2) is 13.1 Å². The highest BCUT2D eigenvalue weighted by atomic mass is 32.2. The molecule has 0 aliphatic carbocycles. The van der Waals surface area contributed by atoms with Crippen LogP contribution in [0.3, 0.4) is 0 Å². The molecule has 1 saturated heterocycles. The van der Waals surface area contributed by atoms with Gasteiger partial charge in [0.1, 0.15) is 4.90 Å². The van der Waals surface area contributed by atoms with Crippen molar-refractivity contribution in [2.45, 2.75) is 32.2 Å². The highest BCUT2D eigenvalue weighted by Gasteiger charge is 2.33. The summed E-state index contributed by atoms with van der Waals surface area (Å²) >= 11 is 0. The first-order chi connectivity index (χ1) is 14.4. The molecule has 1 aliphatic rings. The van der Waals surface area contributed by atoms with Crippen molar-refractivity contribution in [3.63, 3.8) is 0 Å². The second-order valence-electron chi connectivity index (χ2n) is 7.85. The van der Waals surface area contributed by atoms with Gasteiger partial charge in [0.05, 0.1) is 17.1 Å². The molecule has 0 unspecified atom stereocenters. The Morgan fingerprint density at radius 1 is 0.867 bits per heavy atom. The molecule has 1 aliphatic heterocycles. The van der Waals surface area contributed by atoms with Crippen LogP contribution in [0.25, 0.3) is 5.69 Å². The minimum Gasteiger partial charge on any atom is -0.296 e. The molecule has 0 spiro atoms. The average molecular weight is 425 g/mol. The van der Waals surface area contributed by atoms with Crippen LogP contribution in [0.4, 0.5) is 0 Å². The fourth-order valence-electron chi connectivity index (χ4n) is 4.11. The Hall–Kier alpha value is -2.48. The minimum atomic E-state index is -3.59. The Labute approximate surface area is 178 Å². The monoisotopic (exact) mass is 424 g/mol. The predicted molar refractivity (Wildman–Crippen MR) is 118 cm³/mol. The Bertz CT molecular complexity index is 1130. The number of hydrogen-bond donors (Lipinski definition) is 0. The average Bonchev–Trinajstić information content (AvgIpc) is 3.05. The molecule has 158 valence electrons. The van der Waals surface area contributed by atoms with E-state index in [1.54, 1.807) is 15.9 Å². The van der Waals surface area contributed by atoms with Crippen molar-refractivity contribution in [3.8, 4) is 5.69 Å². The van der Waals surface area contributed by atoms with Gasteiger partial charge in [-0.15, -0.1) is 0 Å². The molecule has 2 aromatic carbocycles. The lowest BCUT2D eigenvalue weighted by Crippen LogP contribution is -2.48. The zero-order valence-corrected chi connectivity index (χ0v) is 18.6. The number of rotatable bonds is 5. The lowest BCUT2D eigenvalue weighted by Gasteiger charge is -2.34. The van der Waals surface area contributed by atoms with Gasteiger partial charge in [0.15, 0.2) is 0 Å². The molecule has 1 aromatic heterocycles. The van der Waals surface area contributed by atoms with Crippen LogP contribution in [0.5, 0.6) is 0 Å². The predicted octanol–water partition coefficient (Wildman–Crippen LogP) is 3.30. The van der Waals surface area contributed by atoms with E-state index in [2.05, 4.69) is 35.1 Å². The maximum Gasteiger partial charge on any atom is 0.246 e. The van der Waals surface area contributed by atoms with Crippen LogP contribution in [0, 0.1) is 20.8 Å². The lowest BCUT2D eigenvalue weighted by molar-refractivity contribution is 0.181. The summed E-state index contributed by atoms with van der Waals surface area (Å²) in [5.41, 5.74) is 4.62. The molecule has 7 heteroatoms. The smallest absolute Gasteiger partial charge is 0.246 e. The number of benzene rings is 2. The number of hydrogen-bond acceptors (Lipinski definition) is 4. The molecule has 6 nitrogen and oxygen atoms in total. The SMILES string of the molecule is Cc1ccccc1CN1CCN(S(=O)(=O)c2c(C)nn(-c3ccccc3)c2C)CC1. The third-order valence-corrected chi connectivity index (χ3v) is 7.96. The van der Waals surface area contributed by atoms with Crippen molar-refractivity contribution < 1.29 is 8.42 Å². The van der Waals surface area contributed by atoms with Crippen molar-refractivity contribution in [2.75, 3.05) is 26.2 Å². The van der Waals surface area contributed by atoms with Gasteiger partial charge in [-0.1, -0.05) is 42.5 Å². The zero-order chi connectivity index (χ0) is 21.3. The molecule has 4 rings (SSSR count). The summed E-state index contributed by atoms with van der Waals surface area (Å²) in [4.78, 5) is 2.65. The summed E-state index contributed by atoms with van der Waals surface area (Å²) in [5.74, 6) is 0. The molecule has 0 saturated carbocycles. The summed E-state index contributed by atoms with van der Waals surface area (Å²) in [7, 11) is -3.59. The van der Waals surface area contributed by atoms with E-state index in [-0.39, 0.29) is 0 Å². The number of nitrogens with zero attached hydrogens (tertiary/aromatic N) is 4. The van der Waals surface area contributed by atoms with Crippen LogP contribution >= 0.6 is 0 Å². The van der Waals surface area contributed by atoms with Gasteiger partial charge in [-0.2, -0.15) is 9.40 Å². The Kier molecular flexibility index (Phi) is 5.77. The van der Waals surface area contributed by atoms with Gasteiger partial charge in [-0.3, -0.25) is 4.90 Å². The van der Waals surface area contributed by atoms with E-state index in [1.165, 1.54) is 11.1 Å². The number of para-hydroxylation sites is 1. The van der Waals surface area contributed by atoms with Crippen molar-refractivity contribution in [2.24, 2.45) is 0 Å². The van der Waals surface area contributed by atoms with E-state index in [4.69, 9.17) is 0 Å². The van der Waals surface area contributed by atoms with E-state index < -0.39 is 10.0 Å². The summed E-state index contributed by atoms with van der Waals surface area (Å²) in [6, 6.07) is 18.0. The Balaban J connectivity index is 1.52. The van der Waals surface area contributed by atoms with E-state index in [0.29, 0.717) is 29.4 Å². The number of sulfonamides is 1. The minimum absolute atomic E-state index is 0.332. The molecule has 0 radical (unpaired) electrons. The van der Waals surface area contributed by atoms with Crippen molar-refractivity contribution in [3.05, 3.63) is 77.1 Å². The first-order valence-electron chi connectivity index (χ1n) is 10.3. The van der Waals surface area contributed by atoms with Gasteiger partial charge in [0.25, 0.3) is 0 Å². The molecule has 0 amide bonds. The Morgan fingerprint density at radius 3 is 2.17 bits per heavy atom. The summed E-state index contributed by atoms with van der Waals surface area (Å²) in [5, 5.41) is 4.52. The quantitative estimate of drug-likeness (QED) is 0.631. The van der Waals surface area contributed by atoms with Gasteiger partial charge in [0.2, 0.25) is 10.0 Å². The molecular weight excluding hydrogens is 396 g/mol. The molecule has 3 aromatic rings.